The summed E-state index contributed by atoms with van der Waals surface area (Å²) in [5, 5.41) is 7.51. The normalized spacial score (nSPS) is 19.1. The lowest BCUT2D eigenvalue weighted by atomic mass is 10.1. The van der Waals surface area contributed by atoms with E-state index in [1.165, 1.54) is 36.7 Å². The summed E-state index contributed by atoms with van der Waals surface area (Å²) < 4.78 is 41.2. The number of aromatic amines is 1. The number of aromatic nitrogens is 2. The van der Waals surface area contributed by atoms with Crippen molar-refractivity contribution in [3.8, 4) is 0 Å². The molecule has 1 aliphatic carbocycles. The predicted octanol–water partition coefficient (Wildman–Crippen LogP) is 2.68. The zero-order chi connectivity index (χ0) is 18.3. The zero-order valence-corrected chi connectivity index (χ0v) is 15.5. The maximum absolute atomic E-state index is 13.2. The zero-order valence-electron chi connectivity index (χ0n) is 14.7. The first-order valence-corrected chi connectivity index (χ1v) is 10.5. The van der Waals surface area contributed by atoms with Gasteiger partial charge in [0.15, 0.2) is 5.82 Å². The van der Waals surface area contributed by atoms with Crippen LogP contribution in [0.3, 0.4) is 0 Å². The van der Waals surface area contributed by atoms with E-state index in [0.29, 0.717) is 24.3 Å². The molecule has 2 fully saturated rings. The minimum absolute atomic E-state index is 0.123. The van der Waals surface area contributed by atoms with Gasteiger partial charge >= 0.3 is 0 Å². The van der Waals surface area contributed by atoms with Gasteiger partial charge in [0.2, 0.25) is 10.0 Å². The number of halogens is 1. The molecular weight excluding hydrogens is 355 g/mol. The van der Waals surface area contributed by atoms with Crippen LogP contribution in [-0.4, -0.2) is 37.7 Å². The van der Waals surface area contributed by atoms with Crippen molar-refractivity contribution in [2.45, 2.75) is 49.5 Å². The van der Waals surface area contributed by atoms with Gasteiger partial charge in [-0.2, -0.15) is 5.10 Å². The van der Waals surface area contributed by atoms with E-state index in [1.807, 2.05) is 0 Å². The van der Waals surface area contributed by atoms with Gasteiger partial charge in [-0.3, -0.25) is 5.10 Å². The van der Waals surface area contributed by atoms with Crippen molar-refractivity contribution in [2.75, 3.05) is 18.0 Å². The standard InChI is InChI=1S/C18H23FN4O2S/c1-12-10-14(19)4-5-17(12)26(24,25)22-15-6-8-23(9-7-15)18-11-16(20-21-18)13-2-3-13/h4-5,10-11,13,15,22H,2-3,6-9H2,1H3,(H,20,21). The molecule has 2 heterocycles. The van der Waals surface area contributed by atoms with Gasteiger partial charge in [0.25, 0.3) is 0 Å². The van der Waals surface area contributed by atoms with Gasteiger partial charge in [-0.15, -0.1) is 0 Å². The Morgan fingerprint density at radius 1 is 1.19 bits per heavy atom. The first kappa shape index (κ1) is 17.5. The van der Waals surface area contributed by atoms with Gasteiger partial charge in [-0.05, 0) is 56.4 Å². The monoisotopic (exact) mass is 378 g/mol. The molecule has 1 aliphatic heterocycles. The highest BCUT2D eigenvalue weighted by Gasteiger charge is 2.29. The number of anilines is 1. The molecule has 2 aliphatic rings. The second kappa shape index (κ2) is 6.66. The third-order valence-corrected chi connectivity index (χ3v) is 6.85. The average Bonchev–Trinajstić information content (AvgIpc) is 3.32. The van der Waals surface area contributed by atoms with Crippen molar-refractivity contribution < 1.29 is 12.8 Å². The number of nitrogens with zero attached hydrogens (tertiary/aromatic N) is 2. The van der Waals surface area contributed by atoms with Gasteiger partial charge in [0.1, 0.15) is 5.82 Å². The predicted molar refractivity (Wildman–Crippen MR) is 97.3 cm³/mol. The first-order chi connectivity index (χ1) is 12.4. The maximum atomic E-state index is 13.2. The van der Waals surface area contributed by atoms with Crippen LogP contribution in [0.4, 0.5) is 10.2 Å². The largest absolute Gasteiger partial charge is 0.355 e. The van der Waals surface area contributed by atoms with Gasteiger partial charge < -0.3 is 4.90 Å². The molecule has 8 heteroatoms. The lowest BCUT2D eigenvalue weighted by Crippen LogP contribution is -2.44. The van der Waals surface area contributed by atoms with Crippen LogP contribution in [0.2, 0.25) is 0 Å². The van der Waals surface area contributed by atoms with E-state index in [4.69, 9.17) is 0 Å². The Morgan fingerprint density at radius 3 is 2.58 bits per heavy atom. The third-order valence-electron chi connectivity index (χ3n) is 5.17. The summed E-state index contributed by atoms with van der Waals surface area (Å²) in [5.41, 5.74) is 1.62. The number of nitrogens with one attached hydrogen (secondary N) is 2. The summed E-state index contributed by atoms with van der Waals surface area (Å²) in [6, 6.07) is 5.74. The molecule has 4 rings (SSSR count). The van der Waals surface area contributed by atoms with Crippen molar-refractivity contribution in [1.82, 2.24) is 14.9 Å². The van der Waals surface area contributed by atoms with Crippen molar-refractivity contribution in [1.29, 1.82) is 0 Å². The van der Waals surface area contributed by atoms with Crippen LogP contribution in [0.25, 0.3) is 0 Å². The van der Waals surface area contributed by atoms with E-state index in [2.05, 4.69) is 25.9 Å². The van der Waals surface area contributed by atoms with E-state index < -0.39 is 15.8 Å². The van der Waals surface area contributed by atoms with Crippen molar-refractivity contribution >= 4 is 15.8 Å². The molecule has 1 aromatic heterocycles. The van der Waals surface area contributed by atoms with Crippen LogP contribution in [0, 0.1) is 12.7 Å². The number of hydrogen-bond acceptors (Lipinski definition) is 4. The second-order valence-electron chi connectivity index (χ2n) is 7.25. The summed E-state index contributed by atoms with van der Waals surface area (Å²) in [7, 11) is -3.65. The molecule has 0 bridgehead atoms. The summed E-state index contributed by atoms with van der Waals surface area (Å²) in [5.74, 6) is 1.15. The number of H-pyrrole nitrogens is 1. The van der Waals surface area contributed by atoms with Gasteiger partial charge in [-0.25, -0.2) is 17.5 Å². The van der Waals surface area contributed by atoms with Gasteiger partial charge in [-0.1, -0.05) is 0 Å². The summed E-state index contributed by atoms with van der Waals surface area (Å²) in [6.07, 6.45) is 3.89. The lowest BCUT2D eigenvalue weighted by molar-refractivity contribution is 0.458. The Hall–Kier alpha value is -1.93. The molecule has 2 N–H and O–H groups in total. The van der Waals surface area contributed by atoms with Gasteiger partial charge in [0.05, 0.1) is 4.90 Å². The fraction of sp³-hybridized carbons (Fsp3) is 0.500. The second-order valence-corrected chi connectivity index (χ2v) is 8.93. The van der Waals surface area contributed by atoms with Crippen LogP contribution in [0.15, 0.2) is 29.2 Å². The molecule has 26 heavy (non-hydrogen) atoms. The maximum Gasteiger partial charge on any atom is 0.241 e. The number of benzene rings is 1. The van der Waals surface area contributed by atoms with E-state index in [9.17, 15) is 12.8 Å². The number of rotatable bonds is 5. The van der Waals surface area contributed by atoms with Crippen LogP contribution < -0.4 is 9.62 Å². The van der Waals surface area contributed by atoms with E-state index in [1.54, 1.807) is 6.92 Å². The van der Waals surface area contributed by atoms with E-state index in [0.717, 1.165) is 18.9 Å². The lowest BCUT2D eigenvalue weighted by Gasteiger charge is -2.32. The van der Waals surface area contributed by atoms with Crippen molar-refractivity contribution in [3.63, 3.8) is 0 Å². The first-order valence-electron chi connectivity index (χ1n) is 9.01. The fourth-order valence-electron chi connectivity index (χ4n) is 3.51. The number of piperidine rings is 1. The topological polar surface area (TPSA) is 78.1 Å². The highest BCUT2D eigenvalue weighted by atomic mass is 32.2. The molecule has 1 saturated carbocycles. The fourth-order valence-corrected chi connectivity index (χ4v) is 5.05. The Labute approximate surface area is 152 Å². The Kier molecular flexibility index (Phi) is 4.48. The van der Waals surface area contributed by atoms with Gasteiger partial charge in [0, 0.05) is 36.8 Å². The van der Waals surface area contributed by atoms with Crippen LogP contribution >= 0.6 is 0 Å². The summed E-state index contributed by atoms with van der Waals surface area (Å²) in [4.78, 5) is 2.33. The summed E-state index contributed by atoms with van der Waals surface area (Å²) >= 11 is 0. The molecule has 0 unspecified atom stereocenters. The Morgan fingerprint density at radius 2 is 1.92 bits per heavy atom. The van der Waals surface area contributed by atoms with E-state index in [-0.39, 0.29) is 10.9 Å². The SMILES string of the molecule is Cc1cc(F)ccc1S(=O)(=O)NC1CCN(c2cc(C3CC3)[nH]n2)CC1. The number of hydrogen-bond donors (Lipinski definition) is 2. The van der Waals surface area contributed by atoms with Crippen LogP contribution in [0.5, 0.6) is 0 Å². The minimum atomic E-state index is -3.65. The molecule has 140 valence electrons. The molecule has 2 aromatic rings. The Bertz CT molecular complexity index is 900. The minimum Gasteiger partial charge on any atom is -0.355 e. The molecule has 1 aromatic carbocycles. The van der Waals surface area contributed by atoms with Crippen LogP contribution in [0.1, 0.15) is 42.9 Å². The third kappa shape index (κ3) is 3.61. The quantitative estimate of drug-likeness (QED) is 0.839. The average molecular weight is 378 g/mol. The molecule has 1 saturated heterocycles. The van der Waals surface area contributed by atoms with Crippen molar-refractivity contribution in [2.24, 2.45) is 0 Å². The molecule has 0 spiro atoms. The molecule has 0 radical (unpaired) electrons. The molecule has 0 amide bonds. The highest BCUT2D eigenvalue weighted by Crippen LogP contribution is 2.40. The smallest absolute Gasteiger partial charge is 0.241 e. The molecule has 6 nitrogen and oxygen atoms in total. The summed E-state index contributed by atoms with van der Waals surface area (Å²) in [6.45, 7) is 3.12. The Balaban J connectivity index is 1.38. The molecular formula is C18H23FN4O2S. The number of aryl methyl sites for hydroxylation is 1. The van der Waals surface area contributed by atoms with E-state index >= 15 is 0 Å². The van der Waals surface area contributed by atoms with Crippen LogP contribution in [-0.2, 0) is 10.0 Å². The highest BCUT2D eigenvalue weighted by molar-refractivity contribution is 7.89. The van der Waals surface area contributed by atoms with Crippen molar-refractivity contribution in [3.05, 3.63) is 41.3 Å². The molecule has 0 atom stereocenters. The number of sulfonamides is 1.